The van der Waals surface area contributed by atoms with Gasteiger partial charge in [0.15, 0.2) is 0 Å². The van der Waals surface area contributed by atoms with Crippen LogP contribution >= 0.6 is 15.9 Å². The Labute approximate surface area is 170 Å². The summed E-state index contributed by atoms with van der Waals surface area (Å²) in [5.41, 5.74) is 2.23. The Kier molecular flexibility index (Phi) is 5.17. The number of H-pyrrole nitrogens is 1. The van der Waals surface area contributed by atoms with Gasteiger partial charge in [-0.25, -0.2) is 4.39 Å². The van der Waals surface area contributed by atoms with Gasteiger partial charge in [0.25, 0.3) is 5.91 Å². The van der Waals surface area contributed by atoms with Crippen molar-refractivity contribution in [1.29, 1.82) is 0 Å². The number of halogens is 2. The van der Waals surface area contributed by atoms with E-state index in [1.807, 2.05) is 24.3 Å². The molecule has 7 heteroatoms. The number of aromatic nitrogens is 1. The molecule has 1 aromatic heterocycles. The average molecular weight is 444 g/mol. The Morgan fingerprint density at radius 3 is 2.29 bits per heavy atom. The number of nitrogens with zero attached hydrogens (tertiary/aromatic N) is 2. The number of hydrogen-bond acceptors (Lipinski definition) is 2. The third-order valence-electron chi connectivity index (χ3n) is 5.04. The highest BCUT2D eigenvalue weighted by atomic mass is 79.9. The van der Waals surface area contributed by atoms with Crippen molar-refractivity contribution in [3.8, 4) is 0 Å². The van der Waals surface area contributed by atoms with Gasteiger partial charge in [-0.2, -0.15) is 0 Å². The van der Waals surface area contributed by atoms with Crippen molar-refractivity contribution in [3.63, 3.8) is 0 Å². The van der Waals surface area contributed by atoms with Gasteiger partial charge in [0.1, 0.15) is 11.5 Å². The second-order valence-corrected chi connectivity index (χ2v) is 7.63. The Balaban J connectivity index is 1.39. The molecule has 144 valence electrons. The van der Waals surface area contributed by atoms with Crippen LogP contribution in [0.3, 0.4) is 0 Å². The average Bonchev–Trinajstić information content (AvgIpc) is 3.06. The van der Waals surface area contributed by atoms with E-state index in [1.165, 1.54) is 12.1 Å². The van der Waals surface area contributed by atoms with E-state index in [4.69, 9.17) is 0 Å². The maximum Gasteiger partial charge on any atom is 0.271 e. The number of carbonyl (C=O) groups excluding carboxylic acids is 2. The van der Waals surface area contributed by atoms with E-state index in [-0.39, 0.29) is 24.1 Å². The smallest absolute Gasteiger partial charge is 0.271 e. The van der Waals surface area contributed by atoms with Crippen LogP contribution in [0.15, 0.2) is 53.0 Å². The quantitative estimate of drug-likeness (QED) is 0.672. The third-order valence-corrected chi connectivity index (χ3v) is 5.87. The van der Waals surface area contributed by atoms with Gasteiger partial charge in [-0.15, -0.1) is 0 Å². The van der Waals surface area contributed by atoms with Crippen molar-refractivity contribution in [2.45, 2.75) is 6.42 Å². The summed E-state index contributed by atoms with van der Waals surface area (Å²) in [6.45, 7) is 1.94. The summed E-state index contributed by atoms with van der Waals surface area (Å²) >= 11 is 3.53. The second kappa shape index (κ2) is 7.75. The van der Waals surface area contributed by atoms with E-state index in [1.54, 1.807) is 21.9 Å². The molecule has 3 aromatic rings. The zero-order valence-electron chi connectivity index (χ0n) is 15.1. The van der Waals surface area contributed by atoms with Crippen LogP contribution in [-0.2, 0) is 11.2 Å². The minimum atomic E-state index is -0.313. The van der Waals surface area contributed by atoms with Gasteiger partial charge in [-0.3, -0.25) is 9.59 Å². The monoisotopic (exact) mass is 443 g/mol. The number of nitrogens with one attached hydrogen (secondary N) is 1. The molecule has 2 amide bonds. The van der Waals surface area contributed by atoms with E-state index < -0.39 is 0 Å². The summed E-state index contributed by atoms with van der Waals surface area (Å²) in [7, 11) is 0. The first-order chi connectivity index (χ1) is 13.5. The fourth-order valence-electron chi connectivity index (χ4n) is 3.46. The molecule has 1 aliphatic heterocycles. The number of aromatic amines is 1. The van der Waals surface area contributed by atoms with E-state index in [2.05, 4.69) is 20.9 Å². The van der Waals surface area contributed by atoms with Gasteiger partial charge in [-0.1, -0.05) is 30.3 Å². The molecule has 1 fully saturated rings. The molecule has 4 rings (SSSR count). The third kappa shape index (κ3) is 3.67. The van der Waals surface area contributed by atoms with Crippen LogP contribution in [0.25, 0.3) is 10.9 Å². The highest BCUT2D eigenvalue weighted by Gasteiger charge is 2.27. The number of amides is 2. The predicted octanol–water partition coefficient (Wildman–Crippen LogP) is 3.60. The molecule has 5 nitrogen and oxygen atoms in total. The van der Waals surface area contributed by atoms with Crippen LogP contribution in [0.2, 0.25) is 0 Å². The number of hydrogen-bond donors (Lipinski definition) is 1. The molecule has 0 radical (unpaired) electrons. The zero-order valence-corrected chi connectivity index (χ0v) is 16.7. The van der Waals surface area contributed by atoms with Crippen LogP contribution in [0.5, 0.6) is 0 Å². The highest BCUT2D eigenvalue weighted by molar-refractivity contribution is 9.10. The Hall–Kier alpha value is -2.67. The summed E-state index contributed by atoms with van der Waals surface area (Å²) in [6.07, 6.45) is 0.238. The van der Waals surface area contributed by atoms with E-state index >= 15 is 0 Å². The van der Waals surface area contributed by atoms with Crippen LogP contribution in [0, 0.1) is 5.82 Å². The van der Waals surface area contributed by atoms with Gasteiger partial charge in [-0.05, 0) is 39.7 Å². The van der Waals surface area contributed by atoms with Crippen molar-refractivity contribution in [3.05, 3.63) is 70.1 Å². The molecule has 0 spiro atoms. The van der Waals surface area contributed by atoms with Crippen molar-refractivity contribution in [1.82, 2.24) is 14.8 Å². The van der Waals surface area contributed by atoms with E-state index in [0.29, 0.717) is 31.9 Å². The molecule has 2 heterocycles. The van der Waals surface area contributed by atoms with Gasteiger partial charge in [0.2, 0.25) is 5.91 Å². The Morgan fingerprint density at radius 1 is 0.964 bits per heavy atom. The summed E-state index contributed by atoms with van der Waals surface area (Å²) in [4.78, 5) is 32.1. The summed E-state index contributed by atoms with van der Waals surface area (Å²) in [5.74, 6) is -0.398. The van der Waals surface area contributed by atoms with E-state index in [0.717, 1.165) is 20.9 Å². The van der Waals surface area contributed by atoms with Crippen LogP contribution in [0.4, 0.5) is 4.39 Å². The number of rotatable bonds is 3. The fraction of sp³-hybridized carbons (Fsp3) is 0.238. The molecule has 28 heavy (non-hydrogen) atoms. The van der Waals surface area contributed by atoms with Crippen molar-refractivity contribution >= 4 is 38.6 Å². The van der Waals surface area contributed by atoms with Gasteiger partial charge in [0.05, 0.1) is 10.9 Å². The standard InChI is InChI=1S/C21H19BrFN3O2/c22-19-16-3-1-2-4-17(16)24-20(19)21(28)26-11-9-25(10-12-26)18(27)13-14-5-7-15(23)8-6-14/h1-8,24H,9-13H2. The highest BCUT2D eigenvalue weighted by Crippen LogP contribution is 2.28. The first kappa shape index (κ1) is 18.7. The minimum Gasteiger partial charge on any atom is -0.350 e. The number of carbonyl (C=O) groups is 2. The normalized spacial score (nSPS) is 14.5. The van der Waals surface area contributed by atoms with Gasteiger partial charge < -0.3 is 14.8 Å². The number of piperazine rings is 1. The SMILES string of the molecule is O=C(Cc1ccc(F)cc1)N1CCN(C(=O)c2[nH]c3ccccc3c2Br)CC1. The van der Waals surface area contributed by atoms with Crippen LogP contribution in [-0.4, -0.2) is 52.8 Å². The summed E-state index contributed by atoms with van der Waals surface area (Å²) in [6, 6.07) is 13.7. The second-order valence-electron chi connectivity index (χ2n) is 6.84. The lowest BCUT2D eigenvalue weighted by Crippen LogP contribution is -2.51. The zero-order chi connectivity index (χ0) is 19.7. The van der Waals surface area contributed by atoms with Crippen molar-refractivity contribution < 1.29 is 14.0 Å². The lowest BCUT2D eigenvalue weighted by molar-refractivity contribution is -0.131. The van der Waals surface area contributed by atoms with E-state index in [9.17, 15) is 14.0 Å². The maximum absolute atomic E-state index is 13.0. The fourth-order valence-corrected chi connectivity index (χ4v) is 4.08. The molecule has 1 saturated heterocycles. The Morgan fingerprint density at radius 2 is 1.61 bits per heavy atom. The lowest BCUT2D eigenvalue weighted by atomic mass is 10.1. The molecule has 0 unspecified atom stereocenters. The molecule has 0 atom stereocenters. The Bertz CT molecular complexity index is 1020. The predicted molar refractivity (Wildman–Crippen MR) is 109 cm³/mol. The van der Waals surface area contributed by atoms with Crippen molar-refractivity contribution in [2.75, 3.05) is 26.2 Å². The summed E-state index contributed by atoms with van der Waals surface area (Å²) in [5, 5.41) is 0.971. The number of benzene rings is 2. The first-order valence-electron chi connectivity index (χ1n) is 9.10. The molecule has 1 aliphatic rings. The van der Waals surface area contributed by atoms with Crippen LogP contribution < -0.4 is 0 Å². The number of fused-ring (bicyclic) bond motifs is 1. The lowest BCUT2D eigenvalue weighted by Gasteiger charge is -2.34. The van der Waals surface area contributed by atoms with Crippen molar-refractivity contribution in [2.24, 2.45) is 0 Å². The first-order valence-corrected chi connectivity index (χ1v) is 9.90. The molecule has 0 bridgehead atoms. The van der Waals surface area contributed by atoms with Gasteiger partial charge in [0, 0.05) is 37.1 Å². The molecule has 1 N–H and O–H groups in total. The van der Waals surface area contributed by atoms with Gasteiger partial charge >= 0.3 is 0 Å². The van der Waals surface area contributed by atoms with Crippen LogP contribution in [0.1, 0.15) is 16.1 Å². The molecule has 2 aromatic carbocycles. The molecule has 0 saturated carbocycles. The summed E-state index contributed by atoms with van der Waals surface area (Å²) < 4.78 is 13.8. The number of para-hydroxylation sites is 1. The maximum atomic E-state index is 13.0. The molecular formula is C21H19BrFN3O2. The topological polar surface area (TPSA) is 56.4 Å². The molecular weight excluding hydrogens is 425 g/mol. The molecule has 0 aliphatic carbocycles. The largest absolute Gasteiger partial charge is 0.350 e. The minimum absolute atomic E-state index is 0.00880.